The quantitative estimate of drug-likeness (QED) is 0.853. The smallest absolute Gasteiger partial charge is 0.240 e. The number of benzene rings is 2. The average molecular weight is 379 g/mol. The number of nitrogens with zero attached hydrogens (tertiary/aromatic N) is 1. The Morgan fingerprint density at radius 3 is 2.32 bits per heavy atom. The van der Waals surface area contributed by atoms with Gasteiger partial charge in [0, 0.05) is 29.8 Å². The van der Waals surface area contributed by atoms with Gasteiger partial charge in [0.05, 0.1) is 4.90 Å². The summed E-state index contributed by atoms with van der Waals surface area (Å²) >= 11 is 5.86. The lowest BCUT2D eigenvalue weighted by atomic mass is 9.90. The van der Waals surface area contributed by atoms with Gasteiger partial charge in [-0.1, -0.05) is 42.6 Å². The zero-order chi connectivity index (χ0) is 17.9. The molecule has 1 N–H and O–H groups in total. The normalized spacial score (nSPS) is 21.0. The number of hydrogen-bond acceptors (Lipinski definition) is 3. The van der Waals surface area contributed by atoms with E-state index in [-0.39, 0.29) is 17.0 Å². The number of para-hydroxylation sites is 1. The fraction of sp³-hybridized carbons (Fsp3) is 0.368. The zero-order valence-electron chi connectivity index (χ0n) is 14.2. The Kier molecular flexibility index (Phi) is 5.67. The molecule has 0 heterocycles. The van der Waals surface area contributed by atoms with E-state index in [1.54, 1.807) is 24.3 Å². The second-order valence-corrected chi connectivity index (χ2v) is 8.63. The molecule has 6 heteroatoms. The number of halogens is 1. The summed E-state index contributed by atoms with van der Waals surface area (Å²) in [5.74, 6) is 0. The van der Waals surface area contributed by atoms with Crippen LogP contribution in [0.1, 0.15) is 25.7 Å². The van der Waals surface area contributed by atoms with Gasteiger partial charge in [-0.2, -0.15) is 0 Å². The van der Waals surface area contributed by atoms with Crippen molar-refractivity contribution in [3.05, 3.63) is 59.6 Å². The van der Waals surface area contributed by atoms with Gasteiger partial charge >= 0.3 is 0 Å². The molecule has 4 nitrogen and oxygen atoms in total. The molecule has 0 unspecified atom stereocenters. The fourth-order valence-electron chi connectivity index (χ4n) is 3.45. The summed E-state index contributed by atoms with van der Waals surface area (Å²) in [7, 11) is -1.52. The van der Waals surface area contributed by atoms with E-state index < -0.39 is 10.0 Å². The second kappa shape index (κ2) is 7.77. The third kappa shape index (κ3) is 4.35. The van der Waals surface area contributed by atoms with Crippen molar-refractivity contribution >= 4 is 27.3 Å². The van der Waals surface area contributed by atoms with Crippen LogP contribution in [0.2, 0.25) is 5.02 Å². The molecule has 1 aliphatic carbocycles. The molecule has 0 aliphatic heterocycles. The van der Waals surface area contributed by atoms with Crippen molar-refractivity contribution in [2.45, 2.75) is 42.7 Å². The summed E-state index contributed by atoms with van der Waals surface area (Å²) in [6.07, 6.45) is 3.96. The summed E-state index contributed by atoms with van der Waals surface area (Å²) < 4.78 is 28.4. The molecule has 0 bridgehead atoms. The summed E-state index contributed by atoms with van der Waals surface area (Å²) in [6.45, 7) is 0. The molecule has 0 saturated heterocycles. The monoisotopic (exact) mass is 378 g/mol. The molecule has 25 heavy (non-hydrogen) atoms. The molecule has 1 aliphatic rings. The van der Waals surface area contributed by atoms with E-state index >= 15 is 0 Å². The van der Waals surface area contributed by atoms with Crippen LogP contribution in [0.3, 0.4) is 0 Å². The Hall–Kier alpha value is -1.56. The topological polar surface area (TPSA) is 49.4 Å². The van der Waals surface area contributed by atoms with Gasteiger partial charge in [-0.15, -0.1) is 0 Å². The highest BCUT2D eigenvalue weighted by molar-refractivity contribution is 7.89. The molecule has 1 fully saturated rings. The van der Waals surface area contributed by atoms with Crippen LogP contribution in [-0.2, 0) is 10.0 Å². The van der Waals surface area contributed by atoms with E-state index in [0.29, 0.717) is 5.02 Å². The highest BCUT2D eigenvalue weighted by Gasteiger charge is 2.32. The summed E-state index contributed by atoms with van der Waals surface area (Å²) in [5.41, 5.74) is 1.10. The van der Waals surface area contributed by atoms with E-state index in [1.165, 1.54) is 0 Å². The molecule has 2 aromatic carbocycles. The number of anilines is 1. The maximum atomic E-state index is 12.7. The van der Waals surface area contributed by atoms with Gasteiger partial charge in [0.25, 0.3) is 0 Å². The van der Waals surface area contributed by atoms with Crippen LogP contribution in [0.25, 0.3) is 0 Å². The van der Waals surface area contributed by atoms with Gasteiger partial charge in [0.15, 0.2) is 0 Å². The van der Waals surface area contributed by atoms with Crippen LogP contribution >= 0.6 is 11.6 Å². The molecule has 0 aromatic heterocycles. The lowest BCUT2D eigenvalue weighted by Gasteiger charge is -2.39. The predicted octanol–water partition coefficient (Wildman–Crippen LogP) is 4.07. The van der Waals surface area contributed by atoms with Crippen molar-refractivity contribution in [1.82, 2.24) is 4.72 Å². The molecule has 134 valence electrons. The SMILES string of the molecule is CN(c1ccccc1)[C@H]1CCCC[C@H]1NS(=O)(=O)c1ccc(Cl)cc1. The first kappa shape index (κ1) is 18.2. The van der Waals surface area contributed by atoms with Crippen LogP contribution in [0.15, 0.2) is 59.5 Å². The van der Waals surface area contributed by atoms with Gasteiger partial charge < -0.3 is 4.90 Å². The van der Waals surface area contributed by atoms with Crippen molar-refractivity contribution < 1.29 is 8.42 Å². The molecule has 0 radical (unpaired) electrons. The number of rotatable bonds is 5. The molecular formula is C19H23ClN2O2S. The Bertz CT molecular complexity index is 794. The highest BCUT2D eigenvalue weighted by atomic mass is 35.5. The van der Waals surface area contributed by atoms with E-state index in [0.717, 1.165) is 31.4 Å². The van der Waals surface area contributed by atoms with Crippen LogP contribution < -0.4 is 9.62 Å². The van der Waals surface area contributed by atoms with Crippen molar-refractivity contribution in [2.75, 3.05) is 11.9 Å². The summed E-state index contributed by atoms with van der Waals surface area (Å²) in [6, 6.07) is 16.4. The number of nitrogens with one attached hydrogen (secondary N) is 1. The standard InChI is InChI=1S/C19H23ClN2O2S/c1-22(16-7-3-2-4-8-16)19-10-6-5-9-18(19)21-25(23,24)17-13-11-15(20)12-14-17/h2-4,7-8,11-14,18-19,21H,5-6,9-10H2,1H3/t18-,19+/m1/s1. The first-order chi connectivity index (χ1) is 12.0. The molecule has 0 spiro atoms. The van der Waals surface area contributed by atoms with Gasteiger partial charge in [-0.05, 0) is 49.2 Å². The van der Waals surface area contributed by atoms with Crippen molar-refractivity contribution in [1.29, 1.82) is 0 Å². The van der Waals surface area contributed by atoms with E-state index in [9.17, 15) is 8.42 Å². The number of hydrogen-bond donors (Lipinski definition) is 1. The van der Waals surface area contributed by atoms with E-state index in [2.05, 4.69) is 21.8 Å². The lowest BCUT2D eigenvalue weighted by Crippen LogP contribution is -2.52. The number of sulfonamides is 1. The zero-order valence-corrected chi connectivity index (χ0v) is 15.8. The minimum Gasteiger partial charge on any atom is -0.370 e. The predicted molar refractivity (Wildman–Crippen MR) is 103 cm³/mol. The summed E-state index contributed by atoms with van der Waals surface area (Å²) in [5, 5.41) is 0.526. The average Bonchev–Trinajstić information content (AvgIpc) is 2.62. The Morgan fingerprint density at radius 2 is 1.64 bits per heavy atom. The highest BCUT2D eigenvalue weighted by Crippen LogP contribution is 2.27. The van der Waals surface area contributed by atoms with Crippen LogP contribution in [0.5, 0.6) is 0 Å². The van der Waals surface area contributed by atoms with Crippen LogP contribution in [-0.4, -0.2) is 27.5 Å². The molecule has 3 rings (SSSR count). The van der Waals surface area contributed by atoms with E-state index in [1.807, 2.05) is 25.2 Å². The molecular weight excluding hydrogens is 356 g/mol. The third-order valence-electron chi connectivity index (χ3n) is 4.82. The molecule has 2 atom stereocenters. The Balaban J connectivity index is 1.80. The van der Waals surface area contributed by atoms with Crippen molar-refractivity contribution in [3.63, 3.8) is 0 Å². The van der Waals surface area contributed by atoms with Crippen LogP contribution in [0, 0.1) is 0 Å². The number of likely N-dealkylation sites (N-methyl/N-ethyl adjacent to an activating group) is 1. The Morgan fingerprint density at radius 1 is 1.00 bits per heavy atom. The van der Waals surface area contributed by atoms with Gasteiger partial charge in [0.2, 0.25) is 10.0 Å². The molecule has 0 amide bonds. The largest absolute Gasteiger partial charge is 0.370 e. The third-order valence-corrected chi connectivity index (χ3v) is 6.58. The minimum absolute atomic E-state index is 0.111. The molecule has 1 saturated carbocycles. The minimum atomic E-state index is -3.56. The lowest BCUT2D eigenvalue weighted by molar-refractivity contribution is 0.351. The van der Waals surface area contributed by atoms with Gasteiger partial charge in [-0.3, -0.25) is 0 Å². The second-order valence-electron chi connectivity index (χ2n) is 6.48. The van der Waals surface area contributed by atoms with E-state index in [4.69, 9.17) is 11.6 Å². The maximum Gasteiger partial charge on any atom is 0.240 e. The molecule has 2 aromatic rings. The van der Waals surface area contributed by atoms with Crippen molar-refractivity contribution in [2.24, 2.45) is 0 Å². The van der Waals surface area contributed by atoms with Gasteiger partial charge in [-0.25, -0.2) is 13.1 Å². The summed E-state index contributed by atoms with van der Waals surface area (Å²) in [4.78, 5) is 2.44. The first-order valence-corrected chi connectivity index (χ1v) is 10.4. The first-order valence-electron chi connectivity index (χ1n) is 8.53. The van der Waals surface area contributed by atoms with Crippen molar-refractivity contribution in [3.8, 4) is 0 Å². The Labute approximate surface area is 154 Å². The van der Waals surface area contributed by atoms with Crippen LogP contribution in [0.4, 0.5) is 5.69 Å². The fourth-order valence-corrected chi connectivity index (χ4v) is 4.88. The van der Waals surface area contributed by atoms with Gasteiger partial charge in [0.1, 0.15) is 0 Å². The maximum absolute atomic E-state index is 12.7.